The molecule has 1 aliphatic rings. The fourth-order valence-corrected chi connectivity index (χ4v) is 4.19. The summed E-state index contributed by atoms with van der Waals surface area (Å²) >= 11 is 6.08. The summed E-state index contributed by atoms with van der Waals surface area (Å²) in [4.78, 5) is 34.7. The average Bonchev–Trinajstić information content (AvgIpc) is 2.95. The number of benzene rings is 3. The zero-order valence-electron chi connectivity index (χ0n) is 17.7. The molecule has 3 aromatic carbocycles. The number of amides is 1. The number of fused-ring (bicyclic) bond motifs is 3. The van der Waals surface area contributed by atoms with Gasteiger partial charge in [-0.15, -0.1) is 0 Å². The molecule has 0 aliphatic carbocycles. The Hall–Kier alpha value is -4.03. The van der Waals surface area contributed by atoms with Crippen molar-refractivity contribution >= 4 is 23.2 Å². The molecule has 162 valence electrons. The maximum Gasteiger partial charge on any atom is 0.273 e. The molecule has 2 heterocycles. The predicted molar refractivity (Wildman–Crippen MR) is 128 cm³/mol. The van der Waals surface area contributed by atoms with Crippen LogP contribution in [0.25, 0.3) is 5.69 Å². The van der Waals surface area contributed by atoms with Crippen LogP contribution in [0, 0.1) is 6.92 Å². The summed E-state index contributed by atoms with van der Waals surface area (Å²) < 4.78 is 1.87. The van der Waals surface area contributed by atoms with Gasteiger partial charge in [-0.2, -0.15) is 4.98 Å². The van der Waals surface area contributed by atoms with E-state index in [1.165, 1.54) is 6.07 Å². The van der Waals surface area contributed by atoms with Gasteiger partial charge in [0.05, 0.1) is 11.4 Å². The second-order valence-electron chi connectivity index (χ2n) is 7.68. The maximum atomic E-state index is 13.1. The lowest BCUT2D eigenvalue weighted by molar-refractivity contribution is 0.0936. The number of halogens is 1. The molecule has 6 nitrogen and oxygen atoms in total. The molecule has 33 heavy (non-hydrogen) atoms. The first kappa shape index (κ1) is 20.8. The molecule has 0 spiro atoms. The molecule has 1 amide bonds. The van der Waals surface area contributed by atoms with Crippen LogP contribution in [0.15, 0.2) is 94.7 Å². The van der Waals surface area contributed by atoms with Crippen molar-refractivity contribution in [2.24, 2.45) is 4.99 Å². The third kappa shape index (κ3) is 3.97. The molecule has 0 fully saturated rings. The first-order valence-electron chi connectivity index (χ1n) is 10.4. The third-order valence-electron chi connectivity index (χ3n) is 5.44. The van der Waals surface area contributed by atoms with E-state index in [1.807, 2.05) is 66.1 Å². The van der Waals surface area contributed by atoms with Gasteiger partial charge in [0.1, 0.15) is 0 Å². The van der Waals surface area contributed by atoms with Crippen LogP contribution in [0.1, 0.15) is 39.2 Å². The highest BCUT2D eigenvalue weighted by Gasteiger charge is 2.28. The number of aryl methyl sites for hydroxylation is 1. The number of hydrogen-bond donors (Lipinski definition) is 1. The number of nitrogens with zero attached hydrogens (tertiary/aromatic N) is 3. The quantitative estimate of drug-likeness (QED) is 0.496. The Labute approximate surface area is 195 Å². The largest absolute Gasteiger partial charge is 0.324 e. The van der Waals surface area contributed by atoms with Gasteiger partial charge in [-0.25, -0.2) is 0 Å². The normalized spacial score (nSPS) is 14.5. The number of aromatic nitrogens is 2. The van der Waals surface area contributed by atoms with Gasteiger partial charge in [-0.1, -0.05) is 66.2 Å². The van der Waals surface area contributed by atoms with Crippen molar-refractivity contribution in [3.63, 3.8) is 0 Å². The number of rotatable bonds is 3. The molecule has 1 aromatic heterocycles. The smallest absolute Gasteiger partial charge is 0.273 e. The highest BCUT2D eigenvalue weighted by Crippen LogP contribution is 2.29. The maximum absolute atomic E-state index is 13.1. The van der Waals surface area contributed by atoms with Gasteiger partial charge in [-0.3, -0.25) is 19.1 Å². The molecule has 1 atom stereocenters. The van der Waals surface area contributed by atoms with Gasteiger partial charge in [0, 0.05) is 33.5 Å². The Kier molecular flexibility index (Phi) is 5.36. The lowest BCUT2D eigenvalue weighted by Gasteiger charge is -2.19. The van der Waals surface area contributed by atoms with Crippen molar-refractivity contribution in [1.29, 1.82) is 0 Å². The van der Waals surface area contributed by atoms with E-state index in [0.29, 0.717) is 27.8 Å². The van der Waals surface area contributed by atoms with Gasteiger partial charge in [0.15, 0.2) is 12.0 Å². The summed E-state index contributed by atoms with van der Waals surface area (Å²) in [6.07, 6.45) is -0.897. The fourth-order valence-electron chi connectivity index (χ4n) is 4.00. The summed E-state index contributed by atoms with van der Waals surface area (Å²) in [6.45, 7) is 1.84. The van der Waals surface area contributed by atoms with Crippen molar-refractivity contribution in [3.8, 4) is 5.69 Å². The third-order valence-corrected chi connectivity index (χ3v) is 5.68. The molecule has 1 aliphatic heterocycles. The van der Waals surface area contributed by atoms with Crippen molar-refractivity contribution in [3.05, 3.63) is 129 Å². The number of para-hydroxylation sites is 1. The standard InChI is InChI=1S/C26H19ClN4O2/c1-16-14-22(32)28-25-24(30-26(33)18-10-7-11-19(27)15-18)29-23(17-8-3-2-4-9-17)20-12-5-6-13-21(20)31(16)25/h2-15,24H,1H3,(H,30,33). The molecule has 0 saturated carbocycles. The number of carbonyl (C=O) groups excluding carboxylic acids is 1. The van der Waals surface area contributed by atoms with Gasteiger partial charge < -0.3 is 5.32 Å². The van der Waals surface area contributed by atoms with Crippen molar-refractivity contribution in [2.45, 2.75) is 13.1 Å². The van der Waals surface area contributed by atoms with E-state index < -0.39 is 11.7 Å². The second kappa shape index (κ2) is 8.48. The van der Waals surface area contributed by atoms with Crippen LogP contribution in [0.3, 0.4) is 0 Å². The Balaban J connectivity index is 1.74. The lowest BCUT2D eigenvalue weighted by atomic mass is 10.0. The van der Waals surface area contributed by atoms with Crippen LogP contribution in [-0.4, -0.2) is 21.2 Å². The van der Waals surface area contributed by atoms with Crippen molar-refractivity contribution in [2.75, 3.05) is 0 Å². The van der Waals surface area contributed by atoms with Crippen LogP contribution in [-0.2, 0) is 0 Å². The average molecular weight is 455 g/mol. The Morgan fingerprint density at radius 1 is 0.970 bits per heavy atom. The van der Waals surface area contributed by atoms with E-state index in [0.717, 1.165) is 16.8 Å². The minimum absolute atomic E-state index is 0.341. The molecule has 4 aromatic rings. The zero-order chi connectivity index (χ0) is 22.9. The monoisotopic (exact) mass is 454 g/mol. The molecule has 1 N–H and O–H groups in total. The van der Waals surface area contributed by atoms with E-state index in [1.54, 1.807) is 24.3 Å². The van der Waals surface area contributed by atoms with Gasteiger partial charge >= 0.3 is 0 Å². The molecular formula is C26H19ClN4O2. The zero-order valence-corrected chi connectivity index (χ0v) is 18.5. The van der Waals surface area contributed by atoms with Crippen molar-refractivity contribution < 1.29 is 4.79 Å². The molecule has 7 heteroatoms. The Morgan fingerprint density at radius 2 is 1.73 bits per heavy atom. The van der Waals surface area contributed by atoms with E-state index in [4.69, 9.17) is 16.6 Å². The van der Waals surface area contributed by atoms with Gasteiger partial charge in [0.2, 0.25) is 0 Å². The number of nitrogens with one attached hydrogen (secondary N) is 1. The summed E-state index contributed by atoms with van der Waals surface area (Å²) in [5, 5.41) is 3.39. The Bertz CT molecular complexity index is 1460. The van der Waals surface area contributed by atoms with Crippen LogP contribution in [0.2, 0.25) is 5.02 Å². The van der Waals surface area contributed by atoms with E-state index in [-0.39, 0.29) is 5.91 Å². The van der Waals surface area contributed by atoms with Crippen LogP contribution in [0.4, 0.5) is 0 Å². The molecule has 0 radical (unpaired) electrons. The van der Waals surface area contributed by atoms with Gasteiger partial charge in [-0.05, 0) is 31.2 Å². The summed E-state index contributed by atoms with van der Waals surface area (Å²) in [7, 11) is 0. The fraction of sp³-hybridized carbons (Fsp3) is 0.0769. The molecule has 5 rings (SSSR count). The lowest BCUT2D eigenvalue weighted by Crippen LogP contribution is -2.32. The molecule has 0 saturated heterocycles. The van der Waals surface area contributed by atoms with E-state index >= 15 is 0 Å². The summed E-state index contributed by atoms with van der Waals surface area (Å²) in [5.41, 5.74) is 3.99. The molecular weight excluding hydrogens is 436 g/mol. The number of aliphatic imine (C=N–C) groups is 1. The first-order chi connectivity index (χ1) is 16.0. The SMILES string of the molecule is Cc1cc(=O)nc2n1-c1ccccc1C(c1ccccc1)=NC2NC(=O)c1cccc(Cl)c1. The summed E-state index contributed by atoms with van der Waals surface area (Å²) in [6, 6.07) is 25.7. The topological polar surface area (TPSA) is 76.3 Å². The van der Waals surface area contributed by atoms with E-state index in [2.05, 4.69) is 10.3 Å². The first-order valence-corrected chi connectivity index (χ1v) is 10.8. The van der Waals surface area contributed by atoms with E-state index in [9.17, 15) is 9.59 Å². The highest BCUT2D eigenvalue weighted by atomic mass is 35.5. The predicted octanol–water partition coefficient (Wildman–Crippen LogP) is 4.47. The molecule has 1 unspecified atom stereocenters. The van der Waals surface area contributed by atoms with Crippen LogP contribution in [0.5, 0.6) is 0 Å². The summed E-state index contributed by atoms with van der Waals surface area (Å²) in [5.74, 6) is -0.0271. The Morgan fingerprint density at radius 3 is 2.52 bits per heavy atom. The van der Waals surface area contributed by atoms with Crippen LogP contribution < -0.4 is 10.9 Å². The highest BCUT2D eigenvalue weighted by molar-refractivity contribution is 6.31. The minimum Gasteiger partial charge on any atom is -0.324 e. The number of hydrogen-bond acceptors (Lipinski definition) is 4. The minimum atomic E-state index is -0.897. The molecule has 0 bridgehead atoms. The number of carbonyl (C=O) groups is 1. The van der Waals surface area contributed by atoms with Crippen molar-refractivity contribution in [1.82, 2.24) is 14.9 Å². The second-order valence-corrected chi connectivity index (χ2v) is 8.11. The van der Waals surface area contributed by atoms with Crippen LogP contribution >= 0.6 is 11.6 Å². The van der Waals surface area contributed by atoms with Gasteiger partial charge in [0.25, 0.3) is 11.5 Å².